The quantitative estimate of drug-likeness (QED) is 0.215. The van der Waals surface area contributed by atoms with E-state index >= 15 is 0 Å². The van der Waals surface area contributed by atoms with Crippen molar-refractivity contribution in [1.82, 2.24) is 5.32 Å². The molecular formula is C28H24N2O2S2. The van der Waals surface area contributed by atoms with Crippen LogP contribution in [0.2, 0.25) is 0 Å². The van der Waals surface area contributed by atoms with Crippen LogP contribution in [0.1, 0.15) is 26.4 Å². The van der Waals surface area contributed by atoms with Crippen molar-refractivity contribution in [2.45, 2.75) is 17.6 Å². The number of nitrogens with one attached hydrogen (secondary N) is 2. The second-order valence-corrected chi connectivity index (χ2v) is 9.67. The average molecular weight is 485 g/mol. The van der Waals surface area contributed by atoms with E-state index in [-0.39, 0.29) is 17.5 Å². The third-order valence-corrected chi connectivity index (χ3v) is 6.90. The van der Waals surface area contributed by atoms with Gasteiger partial charge in [-0.2, -0.15) is 0 Å². The van der Waals surface area contributed by atoms with Gasteiger partial charge in [-0.05, 0) is 66.4 Å². The Morgan fingerprint density at radius 2 is 1.62 bits per heavy atom. The van der Waals surface area contributed by atoms with Gasteiger partial charge in [0.1, 0.15) is 5.70 Å². The minimum atomic E-state index is -0.375. The lowest BCUT2D eigenvalue weighted by Crippen LogP contribution is -2.30. The SMILES string of the molecule is Cc1ccc(C(=O)N/C(=C\c2cccs2)C(=O)Nc2ccc(CSc3ccccc3)cc2)cc1. The zero-order chi connectivity index (χ0) is 23.8. The van der Waals surface area contributed by atoms with Crippen molar-refractivity contribution in [3.8, 4) is 0 Å². The van der Waals surface area contributed by atoms with Gasteiger partial charge in [-0.3, -0.25) is 9.59 Å². The van der Waals surface area contributed by atoms with Gasteiger partial charge in [0.15, 0.2) is 0 Å². The molecule has 1 heterocycles. The molecule has 0 spiro atoms. The van der Waals surface area contributed by atoms with Gasteiger partial charge in [0, 0.05) is 26.8 Å². The van der Waals surface area contributed by atoms with Crippen LogP contribution in [0.15, 0.2) is 107 Å². The fourth-order valence-corrected chi connectivity index (χ4v) is 4.67. The lowest BCUT2D eigenvalue weighted by atomic mass is 10.1. The summed E-state index contributed by atoms with van der Waals surface area (Å²) in [7, 11) is 0. The molecule has 0 bridgehead atoms. The maximum atomic E-state index is 13.1. The average Bonchev–Trinajstić information content (AvgIpc) is 3.37. The molecule has 4 aromatic rings. The fourth-order valence-electron chi connectivity index (χ4n) is 3.14. The summed E-state index contributed by atoms with van der Waals surface area (Å²) in [5.41, 5.74) is 3.58. The molecule has 1 aromatic heterocycles. The summed E-state index contributed by atoms with van der Waals surface area (Å²) < 4.78 is 0. The Kier molecular flexibility index (Phi) is 7.96. The number of carbonyl (C=O) groups is 2. The third kappa shape index (κ3) is 6.70. The zero-order valence-corrected chi connectivity index (χ0v) is 20.3. The van der Waals surface area contributed by atoms with Gasteiger partial charge in [0.2, 0.25) is 0 Å². The number of thiophene rings is 1. The molecule has 3 aromatic carbocycles. The summed E-state index contributed by atoms with van der Waals surface area (Å²) in [6.07, 6.45) is 1.69. The van der Waals surface area contributed by atoms with Crippen LogP contribution in [0, 0.1) is 6.92 Å². The second-order valence-electron chi connectivity index (χ2n) is 7.65. The molecule has 170 valence electrons. The van der Waals surface area contributed by atoms with E-state index in [4.69, 9.17) is 0 Å². The highest BCUT2D eigenvalue weighted by atomic mass is 32.2. The van der Waals surface area contributed by atoms with Gasteiger partial charge in [-0.25, -0.2) is 0 Å². The smallest absolute Gasteiger partial charge is 0.272 e. The molecule has 0 fully saturated rings. The lowest BCUT2D eigenvalue weighted by Gasteiger charge is -2.12. The highest BCUT2D eigenvalue weighted by molar-refractivity contribution is 7.98. The van der Waals surface area contributed by atoms with Crippen molar-refractivity contribution in [1.29, 1.82) is 0 Å². The predicted molar refractivity (Wildman–Crippen MR) is 142 cm³/mol. The third-order valence-electron chi connectivity index (χ3n) is 5.00. The summed E-state index contributed by atoms with van der Waals surface area (Å²) in [5.74, 6) is 0.139. The van der Waals surface area contributed by atoms with Crippen molar-refractivity contribution in [3.63, 3.8) is 0 Å². The fraction of sp³-hybridized carbons (Fsp3) is 0.0714. The van der Waals surface area contributed by atoms with E-state index in [1.54, 1.807) is 30.0 Å². The van der Waals surface area contributed by atoms with Crippen LogP contribution >= 0.6 is 23.1 Å². The molecule has 2 N–H and O–H groups in total. The number of anilines is 1. The Hall–Kier alpha value is -3.61. The van der Waals surface area contributed by atoms with Crippen LogP contribution in [0.25, 0.3) is 6.08 Å². The molecule has 6 heteroatoms. The molecule has 2 amide bonds. The Bertz CT molecular complexity index is 1260. The van der Waals surface area contributed by atoms with Crippen LogP contribution in [-0.2, 0) is 10.5 Å². The molecule has 4 nitrogen and oxygen atoms in total. The first-order valence-corrected chi connectivity index (χ1v) is 12.6. The van der Waals surface area contributed by atoms with E-state index in [9.17, 15) is 9.59 Å². The molecule has 0 aliphatic rings. The molecule has 34 heavy (non-hydrogen) atoms. The molecule has 0 radical (unpaired) electrons. The first kappa shape index (κ1) is 23.5. The van der Waals surface area contributed by atoms with E-state index in [1.807, 2.05) is 79.0 Å². The lowest BCUT2D eigenvalue weighted by molar-refractivity contribution is -0.113. The summed E-state index contributed by atoms with van der Waals surface area (Å²) in [5, 5.41) is 7.60. The number of hydrogen-bond donors (Lipinski definition) is 2. The van der Waals surface area contributed by atoms with Crippen molar-refractivity contribution < 1.29 is 9.59 Å². The summed E-state index contributed by atoms with van der Waals surface area (Å²) in [4.78, 5) is 27.9. The monoisotopic (exact) mass is 484 g/mol. The van der Waals surface area contributed by atoms with Crippen molar-refractivity contribution >= 4 is 46.7 Å². The Labute approximate surface area is 207 Å². The van der Waals surface area contributed by atoms with Crippen molar-refractivity contribution in [3.05, 3.63) is 124 Å². The van der Waals surface area contributed by atoms with Gasteiger partial charge < -0.3 is 10.6 Å². The molecule has 0 atom stereocenters. The standard InChI is InChI=1S/C28H24N2O2S2/c1-20-9-13-22(14-10-20)27(31)30-26(18-25-8-5-17-33-25)28(32)29-23-15-11-21(12-16-23)19-34-24-6-3-2-4-7-24/h2-18H,19H2,1H3,(H,29,32)(H,30,31)/b26-18-. The number of rotatable bonds is 8. The van der Waals surface area contributed by atoms with E-state index in [0.29, 0.717) is 11.3 Å². The number of carbonyl (C=O) groups excluding carboxylic acids is 2. The van der Waals surface area contributed by atoms with Crippen LogP contribution in [-0.4, -0.2) is 11.8 Å². The maximum absolute atomic E-state index is 13.1. The van der Waals surface area contributed by atoms with Crippen molar-refractivity contribution in [2.24, 2.45) is 0 Å². The zero-order valence-electron chi connectivity index (χ0n) is 18.7. The Balaban J connectivity index is 1.43. The van der Waals surface area contributed by atoms with Crippen LogP contribution < -0.4 is 10.6 Å². The number of amides is 2. The number of hydrogen-bond acceptors (Lipinski definition) is 4. The predicted octanol–water partition coefficient (Wildman–Crippen LogP) is 6.76. The summed E-state index contributed by atoms with van der Waals surface area (Å²) >= 11 is 3.26. The molecule has 0 saturated carbocycles. The largest absolute Gasteiger partial charge is 0.321 e. The maximum Gasteiger partial charge on any atom is 0.272 e. The van der Waals surface area contributed by atoms with Gasteiger partial charge in [0.05, 0.1) is 0 Å². The molecular weight excluding hydrogens is 460 g/mol. The van der Waals surface area contributed by atoms with Gasteiger partial charge in [0.25, 0.3) is 11.8 Å². The Morgan fingerprint density at radius 3 is 2.29 bits per heavy atom. The minimum Gasteiger partial charge on any atom is -0.321 e. The van der Waals surface area contributed by atoms with Crippen LogP contribution in [0.3, 0.4) is 0 Å². The molecule has 0 saturated heterocycles. The second kappa shape index (κ2) is 11.5. The molecule has 4 rings (SSSR count). The van der Waals surface area contributed by atoms with Gasteiger partial charge in [-0.1, -0.05) is 54.1 Å². The normalized spacial score (nSPS) is 11.1. The van der Waals surface area contributed by atoms with E-state index in [1.165, 1.54) is 16.2 Å². The van der Waals surface area contributed by atoms with Gasteiger partial charge in [-0.15, -0.1) is 23.1 Å². The van der Waals surface area contributed by atoms with Crippen LogP contribution in [0.5, 0.6) is 0 Å². The first-order valence-electron chi connectivity index (χ1n) is 10.8. The van der Waals surface area contributed by atoms with E-state index < -0.39 is 0 Å². The molecule has 0 unspecified atom stereocenters. The Morgan fingerprint density at radius 1 is 0.882 bits per heavy atom. The highest BCUT2D eigenvalue weighted by Gasteiger charge is 2.15. The number of aryl methyl sites for hydroxylation is 1. The number of thioether (sulfide) groups is 1. The topological polar surface area (TPSA) is 58.2 Å². The summed E-state index contributed by atoms with van der Waals surface area (Å²) in [6, 6.07) is 29.0. The summed E-state index contributed by atoms with van der Waals surface area (Å²) in [6.45, 7) is 1.96. The minimum absolute atomic E-state index is 0.191. The van der Waals surface area contributed by atoms with E-state index in [0.717, 1.165) is 21.8 Å². The first-order chi connectivity index (χ1) is 16.6. The van der Waals surface area contributed by atoms with Crippen molar-refractivity contribution in [2.75, 3.05) is 5.32 Å². The van der Waals surface area contributed by atoms with E-state index in [2.05, 4.69) is 22.8 Å². The van der Waals surface area contributed by atoms with Gasteiger partial charge >= 0.3 is 0 Å². The molecule has 0 aliphatic heterocycles. The molecule has 0 aliphatic carbocycles. The van der Waals surface area contributed by atoms with Crippen LogP contribution in [0.4, 0.5) is 5.69 Å². The number of benzene rings is 3. The highest BCUT2D eigenvalue weighted by Crippen LogP contribution is 2.23.